The van der Waals surface area contributed by atoms with Crippen molar-refractivity contribution in [3.8, 4) is 11.4 Å². The summed E-state index contributed by atoms with van der Waals surface area (Å²) in [5, 5.41) is 1.52. The van der Waals surface area contributed by atoms with Gasteiger partial charge in [0, 0.05) is 56.6 Å². The number of piperazine rings is 1. The van der Waals surface area contributed by atoms with Gasteiger partial charge in [-0.05, 0) is 48.4 Å². The van der Waals surface area contributed by atoms with Crippen molar-refractivity contribution in [2.45, 2.75) is 12.8 Å². The Morgan fingerprint density at radius 2 is 1.49 bits per heavy atom. The molecule has 0 N–H and O–H groups in total. The molecule has 0 unspecified atom stereocenters. The predicted octanol–water partition coefficient (Wildman–Crippen LogP) is 6.88. The fourth-order valence-electron chi connectivity index (χ4n) is 5.59. The van der Waals surface area contributed by atoms with Gasteiger partial charge in [0.1, 0.15) is 11.6 Å². The van der Waals surface area contributed by atoms with Crippen LogP contribution in [0.25, 0.3) is 22.3 Å². The van der Waals surface area contributed by atoms with Gasteiger partial charge in [0.05, 0.1) is 16.2 Å². The Kier molecular flexibility index (Phi) is 8.80. The average molecular weight is 594 g/mol. The van der Waals surface area contributed by atoms with Crippen LogP contribution in [0.5, 0.6) is 0 Å². The molecule has 6 rings (SSSR count). The first-order valence-corrected chi connectivity index (χ1v) is 15.0. The van der Waals surface area contributed by atoms with Crippen LogP contribution < -0.4 is 9.80 Å². The molecule has 0 aliphatic carbocycles. The molecule has 2 heterocycles. The summed E-state index contributed by atoms with van der Waals surface area (Å²) in [5.74, 6) is 1.19. The molecule has 0 radical (unpaired) electrons. The number of aromatic nitrogens is 2. The number of carbonyl (C=O) groups is 1. The predicted molar refractivity (Wildman–Crippen MR) is 172 cm³/mol. The van der Waals surface area contributed by atoms with Crippen molar-refractivity contribution in [2.75, 3.05) is 49.1 Å². The molecular formula is C35H33ClFN5O. The van der Waals surface area contributed by atoms with Crippen LogP contribution in [-0.4, -0.2) is 60.0 Å². The minimum Gasteiger partial charge on any atom is -0.366 e. The lowest BCUT2D eigenvalue weighted by Crippen LogP contribution is -2.49. The first kappa shape index (κ1) is 28.6. The molecule has 0 saturated carbocycles. The molecule has 6 nitrogen and oxygen atoms in total. The van der Waals surface area contributed by atoms with Gasteiger partial charge in [0.2, 0.25) is 5.91 Å². The third kappa shape index (κ3) is 6.62. The second kappa shape index (κ2) is 13.2. The standard InChI is InChI=1S/C35H33ClFN5O/c36-29-14-6-4-12-27(29)34-38-31-16-8-5-13-28(31)35(39-34)42(20-18-26-10-2-1-3-11-26)21-19-33(43)41-24-22-40(23-25-41)32-17-9-7-15-30(32)37/h1-17H,18-25H2. The summed E-state index contributed by atoms with van der Waals surface area (Å²) in [6.07, 6.45) is 1.14. The molecule has 1 amide bonds. The molecule has 43 heavy (non-hydrogen) atoms. The molecule has 1 aliphatic rings. The number of rotatable bonds is 9. The zero-order chi connectivity index (χ0) is 29.6. The molecule has 5 aromatic rings. The van der Waals surface area contributed by atoms with Crippen molar-refractivity contribution in [1.29, 1.82) is 0 Å². The Bertz CT molecular complexity index is 1710. The van der Waals surface area contributed by atoms with Crippen LogP contribution in [0, 0.1) is 5.82 Å². The van der Waals surface area contributed by atoms with Crippen LogP contribution in [-0.2, 0) is 11.2 Å². The molecular weight excluding hydrogens is 561 g/mol. The van der Waals surface area contributed by atoms with Gasteiger partial charge in [-0.3, -0.25) is 4.79 Å². The summed E-state index contributed by atoms with van der Waals surface area (Å²) in [4.78, 5) is 29.5. The van der Waals surface area contributed by atoms with Gasteiger partial charge in [-0.15, -0.1) is 0 Å². The highest BCUT2D eigenvalue weighted by Crippen LogP contribution is 2.31. The van der Waals surface area contributed by atoms with Crippen LogP contribution in [0.1, 0.15) is 12.0 Å². The van der Waals surface area contributed by atoms with Crippen LogP contribution in [0.2, 0.25) is 5.02 Å². The summed E-state index contributed by atoms with van der Waals surface area (Å²) in [6.45, 7) is 3.50. The highest BCUT2D eigenvalue weighted by Gasteiger charge is 2.24. The number of benzene rings is 4. The number of hydrogen-bond acceptors (Lipinski definition) is 5. The minimum atomic E-state index is -0.232. The van der Waals surface area contributed by atoms with E-state index in [4.69, 9.17) is 21.6 Å². The summed E-state index contributed by atoms with van der Waals surface area (Å²) in [7, 11) is 0. The van der Waals surface area contributed by atoms with E-state index in [-0.39, 0.29) is 11.7 Å². The summed E-state index contributed by atoms with van der Waals surface area (Å²) in [6, 6.07) is 32.7. The maximum absolute atomic E-state index is 14.3. The Labute approximate surface area is 256 Å². The molecule has 218 valence electrons. The molecule has 8 heteroatoms. The van der Waals surface area contributed by atoms with Crippen molar-refractivity contribution in [3.05, 3.63) is 120 Å². The fraction of sp³-hybridized carbons (Fsp3) is 0.229. The molecule has 4 aromatic carbocycles. The van der Waals surface area contributed by atoms with E-state index in [1.54, 1.807) is 12.1 Å². The monoisotopic (exact) mass is 593 g/mol. The van der Waals surface area contributed by atoms with Gasteiger partial charge in [-0.25, -0.2) is 14.4 Å². The van der Waals surface area contributed by atoms with Gasteiger partial charge in [-0.2, -0.15) is 0 Å². The maximum atomic E-state index is 14.3. The van der Waals surface area contributed by atoms with Crippen molar-refractivity contribution >= 4 is 39.9 Å². The third-order valence-corrected chi connectivity index (χ3v) is 8.26. The van der Waals surface area contributed by atoms with E-state index in [1.807, 2.05) is 82.6 Å². The molecule has 1 aliphatic heterocycles. The van der Waals surface area contributed by atoms with Crippen LogP contribution in [0.3, 0.4) is 0 Å². The van der Waals surface area contributed by atoms with E-state index in [0.717, 1.165) is 28.7 Å². The third-order valence-electron chi connectivity index (χ3n) is 7.93. The fourth-order valence-corrected chi connectivity index (χ4v) is 5.81. The van der Waals surface area contributed by atoms with Gasteiger partial charge >= 0.3 is 0 Å². The van der Waals surface area contributed by atoms with Crippen LogP contribution in [0.15, 0.2) is 103 Å². The number of hydrogen-bond donors (Lipinski definition) is 0. The first-order valence-electron chi connectivity index (χ1n) is 14.6. The Morgan fingerprint density at radius 3 is 2.28 bits per heavy atom. The number of anilines is 2. The summed E-state index contributed by atoms with van der Waals surface area (Å²) < 4.78 is 14.3. The number of nitrogens with zero attached hydrogens (tertiary/aromatic N) is 5. The Balaban J connectivity index is 1.24. The van der Waals surface area contributed by atoms with E-state index in [1.165, 1.54) is 11.6 Å². The lowest BCUT2D eigenvalue weighted by atomic mass is 10.1. The summed E-state index contributed by atoms with van der Waals surface area (Å²) in [5.41, 5.74) is 3.39. The van der Waals surface area contributed by atoms with Gasteiger partial charge in [0.25, 0.3) is 0 Å². The quantitative estimate of drug-likeness (QED) is 0.187. The largest absolute Gasteiger partial charge is 0.366 e. The Morgan fingerprint density at radius 1 is 0.791 bits per heavy atom. The number of halogens is 2. The zero-order valence-corrected chi connectivity index (χ0v) is 24.6. The average Bonchev–Trinajstić information content (AvgIpc) is 3.05. The minimum absolute atomic E-state index is 0.0857. The van der Waals surface area contributed by atoms with Crippen molar-refractivity contribution in [3.63, 3.8) is 0 Å². The van der Waals surface area contributed by atoms with E-state index < -0.39 is 0 Å². The van der Waals surface area contributed by atoms with Crippen molar-refractivity contribution < 1.29 is 9.18 Å². The highest BCUT2D eigenvalue weighted by atomic mass is 35.5. The van der Waals surface area contributed by atoms with Gasteiger partial charge in [-0.1, -0.05) is 78.3 Å². The molecule has 0 spiro atoms. The second-order valence-corrected chi connectivity index (χ2v) is 11.1. The van der Waals surface area contributed by atoms with E-state index in [0.29, 0.717) is 62.2 Å². The molecule has 1 fully saturated rings. The number of amides is 1. The van der Waals surface area contributed by atoms with Crippen molar-refractivity contribution in [2.24, 2.45) is 0 Å². The van der Waals surface area contributed by atoms with Gasteiger partial charge in [0.15, 0.2) is 5.82 Å². The molecule has 0 atom stereocenters. The van der Waals surface area contributed by atoms with Gasteiger partial charge < -0.3 is 14.7 Å². The van der Waals surface area contributed by atoms with Crippen LogP contribution in [0.4, 0.5) is 15.9 Å². The van der Waals surface area contributed by atoms with Crippen LogP contribution >= 0.6 is 11.6 Å². The van der Waals surface area contributed by atoms with Crippen molar-refractivity contribution in [1.82, 2.24) is 14.9 Å². The topological polar surface area (TPSA) is 52.6 Å². The number of para-hydroxylation sites is 2. The van der Waals surface area contributed by atoms with E-state index >= 15 is 0 Å². The molecule has 1 saturated heterocycles. The normalized spacial score (nSPS) is 13.3. The molecule has 1 aromatic heterocycles. The zero-order valence-electron chi connectivity index (χ0n) is 23.9. The second-order valence-electron chi connectivity index (χ2n) is 10.7. The smallest absolute Gasteiger partial charge is 0.224 e. The number of carbonyl (C=O) groups excluding carboxylic acids is 1. The Hall–Kier alpha value is -4.49. The van der Waals surface area contributed by atoms with E-state index in [2.05, 4.69) is 17.0 Å². The maximum Gasteiger partial charge on any atom is 0.224 e. The van der Waals surface area contributed by atoms with E-state index in [9.17, 15) is 9.18 Å². The lowest BCUT2D eigenvalue weighted by molar-refractivity contribution is -0.131. The molecule has 0 bridgehead atoms. The first-order chi connectivity index (χ1) is 21.1. The highest BCUT2D eigenvalue weighted by molar-refractivity contribution is 6.33. The SMILES string of the molecule is O=C(CCN(CCc1ccccc1)c1nc(-c2ccccc2Cl)nc2ccccc12)N1CCN(c2ccccc2F)CC1. The number of fused-ring (bicyclic) bond motifs is 1. The lowest BCUT2D eigenvalue weighted by Gasteiger charge is -2.36. The summed E-state index contributed by atoms with van der Waals surface area (Å²) >= 11 is 6.56.